The number of aliphatic carboxylic acids is 1. The third-order valence-corrected chi connectivity index (χ3v) is 0.523. The normalized spacial score (nSPS) is 9.44. The lowest BCUT2D eigenvalue weighted by Gasteiger charge is -2.07. The van der Waals surface area contributed by atoms with Crippen LogP contribution < -0.4 is 0 Å². The van der Waals surface area contributed by atoms with Crippen LogP contribution in [-0.4, -0.2) is 21.8 Å². The lowest BCUT2D eigenvalue weighted by molar-refractivity contribution is -0.154. The molecule has 0 aromatic heterocycles. The average Bonchev–Trinajstić information content (AvgIpc) is 1.69. The Balaban J connectivity index is 0. The van der Waals surface area contributed by atoms with Crippen molar-refractivity contribution in [1.82, 2.24) is 0 Å². The monoisotopic (exact) mass is 134 g/mol. The van der Waals surface area contributed by atoms with E-state index in [1.165, 1.54) is 13.8 Å². The van der Waals surface area contributed by atoms with Gasteiger partial charge in [-0.05, 0) is 13.8 Å². The van der Waals surface area contributed by atoms with Crippen LogP contribution in [-0.2, 0) is 4.79 Å². The van der Waals surface area contributed by atoms with Gasteiger partial charge in [0.15, 0.2) is 5.60 Å². The van der Waals surface area contributed by atoms with Gasteiger partial charge in [-0.2, -0.15) is 0 Å². The molecule has 0 unspecified atom stereocenters. The summed E-state index contributed by atoms with van der Waals surface area (Å²) < 4.78 is 0. The smallest absolute Gasteiger partial charge is 0.335 e. The standard InChI is InChI=1S/C4H8O3.C2H6/c1-4(2,7)3(5)6;1-2/h7H,1-2H3,(H,5,6);1-2H3. The first-order chi connectivity index (χ1) is 3.94. The fourth-order valence-corrected chi connectivity index (χ4v) is 0. The van der Waals surface area contributed by atoms with E-state index in [4.69, 9.17) is 10.2 Å². The van der Waals surface area contributed by atoms with Crippen molar-refractivity contribution in [1.29, 1.82) is 0 Å². The molecule has 0 aromatic carbocycles. The molecule has 0 atom stereocenters. The summed E-state index contributed by atoms with van der Waals surface area (Å²) in [5, 5.41) is 16.5. The van der Waals surface area contributed by atoms with E-state index in [0.29, 0.717) is 0 Å². The zero-order valence-corrected chi connectivity index (χ0v) is 6.30. The Bertz CT molecular complexity index is 80.8. The van der Waals surface area contributed by atoms with Crippen molar-refractivity contribution < 1.29 is 15.0 Å². The largest absolute Gasteiger partial charge is 0.479 e. The highest BCUT2D eigenvalue weighted by atomic mass is 16.4. The molecule has 0 aliphatic rings. The highest BCUT2D eigenvalue weighted by Crippen LogP contribution is 1.97. The summed E-state index contributed by atoms with van der Waals surface area (Å²) in [6.45, 7) is 6.44. The quantitative estimate of drug-likeness (QED) is 0.559. The Morgan fingerprint density at radius 2 is 1.44 bits per heavy atom. The van der Waals surface area contributed by atoms with Crippen LogP contribution in [0.5, 0.6) is 0 Å². The van der Waals surface area contributed by atoms with Crippen molar-refractivity contribution in [2.45, 2.75) is 33.3 Å². The average molecular weight is 134 g/mol. The number of carboxylic acid groups (broad SMARTS) is 1. The van der Waals surface area contributed by atoms with Crippen molar-refractivity contribution in [2.75, 3.05) is 0 Å². The zero-order chi connectivity index (χ0) is 8.08. The van der Waals surface area contributed by atoms with Gasteiger partial charge in [-0.15, -0.1) is 0 Å². The van der Waals surface area contributed by atoms with E-state index in [-0.39, 0.29) is 0 Å². The maximum Gasteiger partial charge on any atom is 0.335 e. The number of hydrogen-bond donors (Lipinski definition) is 2. The van der Waals surface area contributed by atoms with Crippen molar-refractivity contribution in [3.8, 4) is 0 Å². The molecule has 0 heterocycles. The Hall–Kier alpha value is -0.570. The van der Waals surface area contributed by atoms with E-state index in [1.807, 2.05) is 13.8 Å². The van der Waals surface area contributed by atoms with E-state index >= 15 is 0 Å². The number of aliphatic hydroxyl groups is 1. The number of carbonyl (C=O) groups is 1. The summed E-state index contributed by atoms with van der Waals surface area (Å²) in [4.78, 5) is 9.77. The molecule has 0 saturated heterocycles. The van der Waals surface area contributed by atoms with Crippen molar-refractivity contribution in [3.05, 3.63) is 0 Å². The van der Waals surface area contributed by atoms with E-state index in [1.54, 1.807) is 0 Å². The van der Waals surface area contributed by atoms with Crippen LogP contribution in [0.3, 0.4) is 0 Å². The van der Waals surface area contributed by atoms with Gasteiger partial charge < -0.3 is 10.2 Å². The van der Waals surface area contributed by atoms with Gasteiger partial charge in [0.25, 0.3) is 0 Å². The topological polar surface area (TPSA) is 57.5 Å². The first-order valence-electron chi connectivity index (χ1n) is 2.90. The fourth-order valence-electron chi connectivity index (χ4n) is 0. The van der Waals surface area contributed by atoms with Crippen LogP contribution in [0.25, 0.3) is 0 Å². The second-order valence-corrected chi connectivity index (χ2v) is 1.86. The molecular formula is C6H14O3. The molecule has 0 rings (SSSR count). The minimum Gasteiger partial charge on any atom is -0.479 e. The molecule has 0 amide bonds. The maximum atomic E-state index is 9.77. The highest BCUT2D eigenvalue weighted by molar-refractivity contribution is 5.75. The Morgan fingerprint density at radius 3 is 1.44 bits per heavy atom. The molecule has 56 valence electrons. The molecule has 3 heteroatoms. The van der Waals surface area contributed by atoms with E-state index in [0.717, 1.165) is 0 Å². The highest BCUT2D eigenvalue weighted by Gasteiger charge is 2.21. The molecule has 3 nitrogen and oxygen atoms in total. The summed E-state index contributed by atoms with van der Waals surface area (Å²) >= 11 is 0. The summed E-state index contributed by atoms with van der Waals surface area (Å²) in [5.74, 6) is -1.20. The van der Waals surface area contributed by atoms with Crippen LogP contribution in [0.15, 0.2) is 0 Å². The van der Waals surface area contributed by atoms with Gasteiger partial charge in [-0.3, -0.25) is 0 Å². The predicted molar refractivity (Wildman–Crippen MR) is 35.3 cm³/mol. The van der Waals surface area contributed by atoms with Crippen LogP contribution in [0.4, 0.5) is 0 Å². The molecule has 9 heavy (non-hydrogen) atoms. The number of hydrogen-bond acceptors (Lipinski definition) is 2. The first-order valence-corrected chi connectivity index (χ1v) is 2.90. The van der Waals surface area contributed by atoms with Crippen molar-refractivity contribution in [3.63, 3.8) is 0 Å². The maximum absolute atomic E-state index is 9.77. The number of rotatable bonds is 1. The van der Waals surface area contributed by atoms with Gasteiger partial charge in [0.1, 0.15) is 0 Å². The van der Waals surface area contributed by atoms with E-state index in [2.05, 4.69) is 0 Å². The van der Waals surface area contributed by atoms with Gasteiger partial charge in [-0.25, -0.2) is 4.79 Å². The molecule has 0 radical (unpaired) electrons. The summed E-state index contributed by atoms with van der Waals surface area (Å²) in [6, 6.07) is 0. The second kappa shape index (κ2) is 4.32. The molecule has 0 spiro atoms. The van der Waals surface area contributed by atoms with E-state index < -0.39 is 11.6 Å². The van der Waals surface area contributed by atoms with Crippen LogP contribution >= 0.6 is 0 Å². The lowest BCUT2D eigenvalue weighted by atomic mass is 10.1. The summed E-state index contributed by atoms with van der Waals surface area (Å²) in [7, 11) is 0. The number of carboxylic acids is 1. The second-order valence-electron chi connectivity index (χ2n) is 1.86. The molecule has 0 fully saturated rings. The lowest BCUT2D eigenvalue weighted by Crippen LogP contribution is -2.30. The van der Waals surface area contributed by atoms with Crippen LogP contribution in [0.1, 0.15) is 27.7 Å². The first kappa shape index (κ1) is 11.3. The Labute approximate surface area is 55.3 Å². The molecular weight excluding hydrogens is 120 g/mol. The zero-order valence-electron chi connectivity index (χ0n) is 6.30. The molecule has 0 aliphatic heterocycles. The molecule has 0 aliphatic carbocycles. The SMILES string of the molecule is CC.CC(C)(O)C(=O)O. The minimum absolute atomic E-state index is 1.20. The van der Waals surface area contributed by atoms with Gasteiger partial charge in [0.05, 0.1) is 0 Å². The predicted octanol–water partition coefficient (Wildman–Crippen LogP) is 0.868. The van der Waals surface area contributed by atoms with Crippen molar-refractivity contribution >= 4 is 5.97 Å². The van der Waals surface area contributed by atoms with Gasteiger partial charge in [0, 0.05) is 0 Å². The van der Waals surface area contributed by atoms with E-state index in [9.17, 15) is 4.79 Å². The van der Waals surface area contributed by atoms with Gasteiger partial charge in [-0.1, -0.05) is 13.8 Å². The Kier molecular flexibility index (Phi) is 5.41. The van der Waals surface area contributed by atoms with Crippen LogP contribution in [0.2, 0.25) is 0 Å². The Morgan fingerprint density at radius 1 is 1.33 bits per heavy atom. The van der Waals surface area contributed by atoms with Crippen molar-refractivity contribution in [2.24, 2.45) is 0 Å². The fraction of sp³-hybridized carbons (Fsp3) is 0.833. The van der Waals surface area contributed by atoms with Crippen LogP contribution in [0, 0.1) is 0 Å². The third-order valence-electron chi connectivity index (χ3n) is 0.523. The summed E-state index contributed by atoms with van der Waals surface area (Å²) in [6.07, 6.45) is 0. The molecule has 2 N–H and O–H groups in total. The summed E-state index contributed by atoms with van der Waals surface area (Å²) in [5.41, 5.74) is -1.58. The molecule has 0 bridgehead atoms. The third kappa shape index (κ3) is 7.43. The van der Waals surface area contributed by atoms with Gasteiger partial charge in [0.2, 0.25) is 0 Å². The molecule has 0 aromatic rings. The molecule has 0 saturated carbocycles. The van der Waals surface area contributed by atoms with Gasteiger partial charge >= 0.3 is 5.97 Å². The minimum atomic E-state index is -1.58.